The Morgan fingerprint density at radius 3 is 2.26 bits per heavy atom. The van der Waals surface area contributed by atoms with Gasteiger partial charge in [0, 0.05) is 10.2 Å². The second kappa shape index (κ2) is 6.19. The highest BCUT2D eigenvalue weighted by Gasteiger charge is 2.35. The van der Waals surface area contributed by atoms with Crippen molar-refractivity contribution in [1.82, 2.24) is 0 Å². The first-order valence-electron chi connectivity index (χ1n) is 6.37. The molecule has 1 amide bonds. The fraction of sp³-hybridized carbons (Fsp3) is 0.429. The van der Waals surface area contributed by atoms with Crippen molar-refractivity contribution in [2.45, 2.75) is 25.7 Å². The molecule has 5 heteroatoms. The molecule has 4 nitrogen and oxygen atoms in total. The lowest BCUT2D eigenvalue weighted by molar-refractivity contribution is -0.147. The van der Waals surface area contributed by atoms with Crippen LogP contribution >= 0.6 is 15.9 Å². The van der Waals surface area contributed by atoms with Gasteiger partial charge in [-0.25, -0.2) is 0 Å². The van der Waals surface area contributed by atoms with Crippen molar-refractivity contribution in [1.29, 1.82) is 0 Å². The number of halogens is 1. The standard InChI is InChI=1S/C14H16BrNO3/c15-9-5-7-10(8-6-9)16-13(17)11-3-1-2-4-12(11)14(18)19/h5-8,11-12H,1-4H2,(H,16,17)(H,18,19)/t11-,12-/m1/s1. The molecule has 2 N–H and O–H groups in total. The van der Waals surface area contributed by atoms with E-state index in [2.05, 4.69) is 21.2 Å². The van der Waals surface area contributed by atoms with Crippen LogP contribution in [0.5, 0.6) is 0 Å². The summed E-state index contributed by atoms with van der Waals surface area (Å²) in [5.41, 5.74) is 0.697. The Kier molecular flexibility index (Phi) is 4.58. The smallest absolute Gasteiger partial charge is 0.307 e. The maximum absolute atomic E-state index is 12.2. The Morgan fingerprint density at radius 2 is 1.68 bits per heavy atom. The largest absolute Gasteiger partial charge is 0.481 e. The number of nitrogens with one attached hydrogen (secondary N) is 1. The quantitative estimate of drug-likeness (QED) is 0.896. The second-order valence-corrected chi connectivity index (χ2v) is 5.75. The Hall–Kier alpha value is -1.36. The zero-order valence-electron chi connectivity index (χ0n) is 10.4. The first-order valence-corrected chi connectivity index (χ1v) is 7.16. The van der Waals surface area contributed by atoms with Crippen molar-refractivity contribution < 1.29 is 14.7 Å². The lowest BCUT2D eigenvalue weighted by Gasteiger charge is -2.27. The van der Waals surface area contributed by atoms with Crippen LogP contribution in [0.15, 0.2) is 28.7 Å². The minimum atomic E-state index is -0.865. The summed E-state index contributed by atoms with van der Waals surface area (Å²) in [4.78, 5) is 23.4. The van der Waals surface area contributed by atoms with E-state index in [0.717, 1.165) is 17.3 Å². The molecule has 0 saturated heterocycles. The first kappa shape index (κ1) is 14.1. The molecule has 0 spiro atoms. The van der Waals surface area contributed by atoms with Gasteiger partial charge in [-0.1, -0.05) is 28.8 Å². The molecule has 0 radical (unpaired) electrons. The fourth-order valence-electron chi connectivity index (χ4n) is 2.51. The van der Waals surface area contributed by atoms with Gasteiger partial charge in [0.05, 0.1) is 11.8 Å². The topological polar surface area (TPSA) is 66.4 Å². The fourth-order valence-corrected chi connectivity index (χ4v) is 2.77. The summed E-state index contributed by atoms with van der Waals surface area (Å²) < 4.78 is 0.937. The second-order valence-electron chi connectivity index (χ2n) is 4.83. The van der Waals surface area contributed by atoms with E-state index in [1.807, 2.05) is 12.1 Å². The maximum Gasteiger partial charge on any atom is 0.307 e. The van der Waals surface area contributed by atoms with Crippen LogP contribution in [0.4, 0.5) is 5.69 Å². The van der Waals surface area contributed by atoms with E-state index in [0.29, 0.717) is 18.5 Å². The number of benzene rings is 1. The molecule has 1 aliphatic carbocycles. The van der Waals surface area contributed by atoms with Gasteiger partial charge in [-0.3, -0.25) is 9.59 Å². The monoisotopic (exact) mass is 325 g/mol. The number of aliphatic carboxylic acids is 1. The summed E-state index contributed by atoms with van der Waals surface area (Å²) >= 11 is 3.33. The minimum Gasteiger partial charge on any atom is -0.481 e. The van der Waals surface area contributed by atoms with Gasteiger partial charge in [0.2, 0.25) is 5.91 Å². The SMILES string of the molecule is O=C(O)[C@@H]1CCCC[C@H]1C(=O)Nc1ccc(Br)cc1. The van der Waals surface area contributed by atoms with Gasteiger partial charge in [0.1, 0.15) is 0 Å². The third-order valence-electron chi connectivity index (χ3n) is 3.53. The summed E-state index contributed by atoms with van der Waals surface area (Å²) in [7, 11) is 0. The Labute approximate surface area is 120 Å². The molecular weight excluding hydrogens is 310 g/mol. The van der Waals surface area contributed by atoms with Gasteiger partial charge in [-0.05, 0) is 37.1 Å². The highest BCUT2D eigenvalue weighted by atomic mass is 79.9. The molecular formula is C14H16BrNO3. The third kappa shape index (κ3) is 3.56. The number of carboxylic acid groups (broad SMARTS) is 1. The van der Waals surface area contributed by atoms with Crippen molar-refractivity contribution in [3.8, 4) is 0 Å². The number of hydrogen-bond acceptors (Lipinski definition) is 2. The van der Waals surface area contributed by atoms with E-state index in [4.69, 9.17) is 0 Å². The van der Waals surface area contributed by atoms with E-state index in [9.17, 15) is 14.7 Å². The van der Waals surface area contributed by atoms with Crippen molar-refractivity contribution in [3.63, 3.8) is 0 Å². The molecule has 0 aromatic heterocycles. The van der Waals surface area contributed by atoms with Crippen LogP contribution < -0.4 is 5.32 Å². The molecule has 19 heavy (non-hydrogen) atoms. The van der Waals surface area contributed by atoms with Crippen LogP contribution in [-0.2, 0) is 9.59 Å². The normalized spacial score (nSPS) is 22.8. The summed E-state index contributed by atoms with van der Waals surface area (Å²) in [6.45, 7) is 0. The highest BCUT2D eigenvalue weighted by Crippen LogP contribution is 2.31. The molecule has 0 bridgehead atoms. The van der Waals surface area contributed by atoms with Crippen molar-refractivity contribution in [3.05, 3.63) is 28.7 Å². The summed E-state index contributed by atoms with van der Waals surface area (Å²) in [6.07, 6.45) is 3.05. The van der Waals surface area contributed by atoms with Crippen LogP contribution in [0, 0.1) is 11.8 Å². The van der Waals surface area contributed by atoms with Gasteiger partial charge in [0.15, 0.2) is 0 Å². The molecule has 1 aromatic rings. The summed E-state index contributed by atoms with van der Waals surface area (Å²) in [5.74, 6) is -2.02. The molecule has 0 heterocycles. The van der Waals surface area contributed by atoms with E-state index < -0.39 is 17.8 Å². The van der Waals surface area contributed by atoms with Crippen LogP contribution in [-0.4, -0.2) is 17.0 Å². The van der Waals surface area contributed by atoms with E-state index in [-0.39, 0.29) is 5.91 Å². The average Bonchev–Trinajstić information content (AvgIpc) is 2.41. The van der Waals surface area contributed by atoms with Crippen molar-refractivity contribution in [2.75, 3.05) is 5.32 Å². The first-order chi connectivity index (χ1) is 9.08. The lowest BCUT2D eigenvalue weighted by Crippen LogP contribution is -2.36. The van der Waals surface area contributed by atoms with E-state index in [1.54, 1.807) is 12.1 Å². The molecule has 102 valence electrons. The van der Waals surface area contributed by atoms with Gasteiger partial charge in [-0.2, -0.15) is 0 Å². The number of carbonyl (C=O) groups excluding carboxylic acids is 1. The van der Waals surface area contributed by atoms with Crippen LogP contribution in [0.25, 0.3) is 0 Å². The summed E-state index contributed by atoms with van der Waals surface area (Å²) in [6, 6.07) is 7.26. The number of rotatable bonds is 3. The van der Waals surface area contributed by atoms with E-state index in [1.165, 1.54) is 0 Å². The summed E-state index contributed by atoms with van der Waals surface area (Å²) in [5, 5.41) is 12.0. The number of hydrogen-bond donors (Lipinski definition) is 2. The molecule has 2 atom stereocenters. The Morgan fingerprint density at radius 1 is 1.11 bits per heavy atom. The van der Waals surface area contributed by atoms with Crippen LogP contribution in [0.1, 0.15) is 25.7 Å². The number of carbonyl (C=O) groups is 2. The van der Waals surface area contributed by atoms with E-state index >= 15 is 0 Å². The van der Waals surface area contributed by atoms with Crippen molar-refractivity contribution >= 4 is 33.5 Å². The number of carboxylic acids is 1. The molecule has 2 rings (SSSR count). The zero-order valence-corrected chi connectivity index (χ0v) is 12.0. The van der Waals surface area contributed by atoms with Gasteiger partial charge in [0.25, 0.3) is 0 Å². The zero-order chi connectivity index (χ0) is 13.8. The maximum atomic E-state index is 12.2. The Balaban J connectivity index is 2.05. The Bertz CT molecular complexity index is 472. The molecule has 1 saturated carbocycles. The lowest BCUT2D eigenvalue weighted by atomic mass is 9.78. The minimum absolute atomic E-state index is 0.186. The average molecular weight is 326 g/mol. The molecule has 1 aromatic carbocycles. The van der Waals surface area contributed by atoms with Crippen LogP contribution in [0.2, 0.25) is 0 Å². The van der Waals surface area contributed by atoms with Crippen LogP contribution in [0.3, 0.4) is 0 Å². The van der Waals surface area contributed by atoms with Gasteiger partial charge in [-0.15, -0.1) is 0 Å². The molecule has 0 aliphatic heterocycles. The van der Waals surface area contributed by atoms with Gasteiger partial charge < -0.3 is 10.4 Å². The predicted octanol–water partition coefficient (Wildman–Crippen LogP) is 3.28. The highest BCUT2D eigenvalue weighted by molar-refractivity contribution is 9.10. The number of anilines is 1. The molecule has 1 fully saturated rings. The number of amides is 1. The molecule has 1 aliphatic rings. The third-order valence-corrected chi connectivity index (χ3v) is 4.06. The molecule has 0 unspecified atom stereocenters. The van der Waals surface area contributed by atoms with Crippen molar-refractivity contribution in [2.24, 2.45) is 11.8 Å². The predicted molar refractivity (Wildman–Crippen MR) is 75.9 cm³/mol. The van der Waals surface area contributed by atoms with Gasteiger partial charge >= 0.3 is 5.97 Å².